The Balaban J connectivity index is 1.83. The second-order valence-corrected chi connectivity index (χ2v) is 5.32. The van der Waals surface area contributed by atoms with E-state index in [1.54, 1.807) is 0 Å². The molecule has 27 heavy (non-hydrogen) atoms. The van der Waals surface area contributed by atoms with Crippen LogP contribution in [0.2, 0.25) is 0 Å². The lowest BCUT2D eigenvalue weighted by atomic mass is 10.2. The topological polar surface area (TPSA) is 64.9 Å². The van der Waals surface area contributed by atoms with E-state index >= 15 is 0 Å². The number of nitrogens with zero attached hydrogens (tertiary/aromatic N) is 4. The highest BCUT2D eigenvalue weighted by atomic mass is 19.4. The first-order valence-electron chi connectivity index (χ1n) is 7.61. The number of hydrogen-bond donors (Lipinski definition) is 1. The summed E-state index contributed by atoms with van der Waals surface area (Å²) in [6, 6.07) is 8.60. The molecule has 1 heterocycles. The van der Waals surface area contributed by atoms with Crippen molar-refractivity contribution in [3.63, 3.8) is 0 Å². The van der Waals surface area contributed by atoms with Gasteiger partial charge in [0.2, 0.25) is 0 Å². The van der Waals surface area contributed by atoms with E-state index in [1.807, 2.05) is 0 Å². The number of ether oxygens (including phenoxy) is 1. The molecule has 0 radical (unpaired) electrons. The lowest BCUT2D eigenvalue weighted by Crippen LogP contribution is -2.06. The highest BCUT2D eigenvalue weighted by molar-refractivity contribution is 5.62. The highest BCUT2D eigenvalue weighted by Gasteiger charge is 2.31. The average molecular weight is 379 g/mol. The third-order valence-corrected chi connectivity index (χ3v) is 3.56. The van der Waals surface area contributed by atoms with Crippen molar-refractivity contribution >= 4 is 11.8 Å². The van der Waals surface area contributed by atoms with Gasteiger partial charge in [-0.25, -0.2) is 4.39 Å². The fourth-order valence-electron chi connectivity index (χ4n) is 2.27. The molecular weight excluding hydrogens is 366 g/mol. The maximum absolute atomic E-state index is 13.0. The van der Waals surface area contributed by atoms with Gasteiger partial charge in [-0.05, 0) is 52.9 Å². The third kappa shape index (κ3) is 4.22. The Kier molecular flexibility index (Phi) is 5.06. The van der Waals surface area contributed by atoms with E-state index in [4.69, 9.17) is 4.74 Å². The van der Waals surface area contributed by atoms with Crippen LogP contribution in [0.4, 0.5) is 23.2 Å². The molecule has 0 saturated heterocycles. The zero-order chi connectivity index (χ0) is 19.4. The molecule has 0 fully saturated rings. The summed E-state index contributed by atoms with van der Waals surface area (Å²) in [5.74, 6) is 0.132. The van der Waals surface area contributed by atoms with Crippen molar-refractivity contribution in [3.8, 4) is 11.4 Å². The second kappa shape index (κ2) is 7.44. The lowest BCUT2D eigenvalue weighted by molar-refractivity contribution is -0.137. The second-order valence-electron chi connectivity index (χ2n) is 5.32. The van der Waals surface area contributed by atoms with Gasteiger partial charge in [0.25, 0.3) is 0 Å². The van der Waals surface area contributed by atoms with E-state index in [1.165, 1.54) is 54.4 Å². The van der Waals surface area contributed by atoms with Gasteiger partial charge < -0.3 is 10.1 Å². The summed E-state index contributed by atoms with van der Waals surface area (Å²) >= 11 is 0. The van der Waals surface area contributed by atoms with E-state index < -0.39 is 17.6 Å². The van der Waals surface area contributed by atoms with Crippen LogP contribution >= 0.6 is 0 Å². The summed E-state index contributed by atoms with van der Waals surface area (Å²) in [4.78, 5) is 0. The van der Waals surface area contributed by atoms with Gasteiger partial charge in [-0.1, -0.05) is 0 Å². The van der Waals surface area contributed by atoms with E-state index in [2.05, 4.69) is 20.8 Å². The minimum Gasteiger partial charge on any atom is -0.495 e. The van der Waals surface area contributed by atoms with Gasteiger partial charge in [0, 0.05) is 12.3 Å². The van der Waals surface area contributed by atoms with Crippen molar-refractivity contribution in [1.82, 2.24) is 20.2 Å². The molecule has 0 saturated carbocycles. The Labute approximate surface area is 151 Å². The lowest BCUT2D eigenvalue weighted by Gasteiger charge is -2.12. The van der Waals surface area contributed by atoms with E-state index in [-0.39, 0.29) is 11.4 Å². The van der Waals surface area contributed by atoms with Crippen LogP contribution in [0.25, 0.3) is 11.8 Å². The van der Waals surface area contributed by atoms with Crippen molar-refractivity contribution in [2.45, 2.75) is 6.18 Å². The van der Waals surface area contributed by atoms with Crippen LogP contribution in [-0.2, 0) is 6.18 Å². The van der Waals surface area contributed by atoms with Gasteiger partial charge in [0.05, 0.1) is 24.0 Å². The van der Waals surface area contributed by atoms with Crippen molar-refractivity contribution in [2.75, 3.05) is 12.4 Å². The average Bonchev–Trinajstić information content (AvgIpc) is 3.10. The molecule has 0 amide bonds. The van der Waals surface area contributed by atoms with Crippen LogP contribution in [0.3, 0.4) is 0 Å². The first-order chi connectivity index (χ1) is 12.9. The number of rotatable bonds is 5. The van der Waals surface area contributed by atoms with Crippen molar-refractivity contribution in [3.05, 3.63) is 65.9 Å². The smallest absolute Gasteiger partial charge is 0.416 e. The highest BCUT2D eigenvalue weighted by Crippen LogP contribution is 2.34. The summed E-state index contributed by atoms with van der Waals surface area (Å²) in [5, 5.41) is 13.9. The molecule has 140 valence electrons. The first kappa shape index (κ1) is 18.4. The van der Waals surface area contributed by atoms with E-state index in [9.17, 15) is 17.6 Å². The molecule has 0 aliphatic heterocycles. The Morgan fingerprint density at radius 2 is 1.85 bits per heavy atom. The molecular formula is C17H13F4N5O. The molecule has 2 aromatic carbocycles. The zero-order valence-electron chi connectivity index (χ0n) is 13.9. The van der Waals surface area contributed by atoms with Crippen LogP contribution in [0.5, 0.6) is 5.75 Å². The van der Waals surface area contributed by atoms with Crippen LogP contribution in [0.15, 0.2) is 48.7 Å². The van der Waals surface area contributed by atoms with Crippen LogP contribution < -0.4 is 10.1 Å². The number of tetrazole rings is 1. The van der Waals surface area contributed by atoms with Crippen molar-refractivity contribution < 1.29 is 22.3 Å². The van der Waals surface area contributed by atoms with Crippen LogP contribution in [0, 0.1) is 5.82 Å². The number of anilines is 1. The van der Waals surface area contributed by atoms with E-state index in [0.717, 1.165) is 12.1 Å². The number of methoxy groups -OCH3 is 1. The van der Waals surface area contributed by atoms with Crippen LogP contribution in [-0.4, -0.2) is 27.3 Å². The number of halogens is 4. The zero-order valence-corrected chi connectivity index (χ0v) is 13.9. The largest absolute Gasteiger partial charge is 0.495 e. The molecule has 6 nitrogen and oxygen atoms in total. The molecule has 1 N–H and O–H groups in total. The number of aromatic nitrogens is 4. The van der Waals surface area contributed by atoms with Crippen molar-refractivity contribution in [2.24, 2.45) is 0 Å². The Bertz CT molecular complexity index is 951. The van der Waals surface area contributed by atoms with Gasteiger partial charge >= 0.3 is 6.18 Å². The molecule has 0 aliphatic carbocycles. The van der Waals surface area contributed by atoms with E-state index in [0.29, 0.717) is 11.5 Å². The summed E-state index contributed by atoms with van der Waals surface area (Å²) in [6.45, 7) is 0. The molecule has 0 spiro atoms. The maximum atomic E-state index is 13.0. The predicted octanol–water partition coefficient (Wildman–Crippen LogP) is 3.91. The SMILES string of the molecule is COc1ccc(C(F)(F)F)cc1NC=Cc1nnnn1-c1ccc(F)cc1. The molecule has 0 unspecified atom stereocenters. The van der Waals surface area contributed by atoms with Crippen molar-refractivity contribution in [1.29, 1.82) is 0 Å². The molecule has 3 rings (SSSR count). The fourth-order valence-corrected chi connectivity index (χ4v) is 2.27. The molecule has 0 bridgehead atoms. The van der Waals surface area contributed by atoms with Crippen LogP contribution in [0.1, 0.15) is 11.4 Å². The minimum atomic E-state index is -4.47. The number of hydrogen-bond acceptors (Lipinski definition) is 5. The monoisotopic (exact) mass is 379 g/mol. The van der Waals surface area contributed by atoms with Gasteiger partial charge in [-0.2, -0.15) is 17.9 Å². The van der Waals surface area contributed by atoms with Gasteiger partial charge in [-0.15, -0.1) is 5.10 Å². The quantitative estimate of drug-likeness (QED) is 0.681. The summed E-state index contributed by atoms with van der Waals surface area (Å²) < 4.78 is 58.1. The minimum absolute atomic E-state index is 0.129. The van der Waals surface area contributed by atoms with Gasteiger partial charge in [0.15, 0.2) is 5.82 Å². The molecule has 3 aromatic rings. The maximum Gasteiger partial charge on any atom is 0.416 e. The predicted molar refractivity (Wildman–Crippen MR) is 89.8 cm³/mol. The van der Waals surface area contributed by atoms with Gasteiger partial charge in [-0.3, -0.25) is 0 Å². The standard InChI is InChI=1S/C17H13F4N5O/c1-27-15-7-2-11(17(19,20)21)10-14(15)22-9-8-16-23-24-25-26(16)13-5-3-12(18)4-6-13/h2-10,22H,1H3. The number of nitrogens with one attached hydrogen (secondary N) is 1. The normalized spacial score (nSPS) is 11.7. The molecule has 0 aliphatic rings. The van der Waals surface area contributed by atoms with Gasteiger partial charge in [0.1, 0.15) is 11.6 Å². The Morgan fingerprint density at radius 1 is 1.11 bits per heavy atom. The molecule has 10 heteroatoms. The number of benzene rings is 2. The first-order valence-corrected chi connectivity index (χ1v) is 7.61. The summed E-state index contributed by atoms with van der Waals surface area (Å²) in [5.41, 5.74) is -0.155. The number of alkyl halides is 3. The summed E-state index contributed by atoms with van der Waals surface area (Å²) in [6.07, 6.45) is -1.63. The Morgan fingerprint density at radius 3 is 2.52 bits per heavy atom. The Hall–Kier alpha value is -3.43. The fraction of sp³-hybridized carbons (Fsp3) is 0.118. The molecule has 1 aromatic heterocycles. The summed E-state index contributed by atoms with van der Waals surface area (Å²) in [7, 11) is 1.35. The molecule has 0 atom stereocenters. The third-order valence-electron chi connectivity index (χ3n) is 3.56.